The van der Waals surface area contributed by atoms with E-state index in [1.165, 1.54) is 6.07 Å². The molecule has 2 aromatic rings. The summed E-state index contributed by atoms with van der Waals surface area (Å²) in [4.78, 5) is 15.3. The number of hydrogen-bond donors (Lipinski definition) is 1. The fourth-order valence-electron chi connectivity index (χ4n) is 1.39. The van der Waals surface area contributed by atoms with Gasteiger partial charge < -0.3 is 14.3 Å². The number of ether oxygens (including phenoxy) is 1. The standard InChI is InChI=1S/C11H8N2O4/c1-2-16-11(15)8-5-13-10-7(9(8)14)3-6(4-12)17-10/h3,5H,2H2,1H3,(H,13,14). The van der Waals surface area contributed by atoms with Crippen LogP contribution in [-0.2, 0) is 4.74 Å². The Morgan fingerprint density at radius 3 is 3.12 bits per heavy atom. The summed E-state index contributed by atoms with van der Waals surface area (Å²) in [5.41, 5.74) is 0.0525. The first kappa shape index (κ1) is 11.0. The van der Waals surface area contributed by atoms with E-state index in [0.29, 0.717) is 0 Å². The Balaban J connectivity index is 2.57. The van der Waals surface area contributed by atoms with Gasteiger partial charge in [0.15, 0.2) is 0 Å². The lowest BCUT2D eigenvalue weighted by Crippen LogP contribution is -2.05. The van der Waals surface area contributed by atoms with E-state index in [4.69, 9.17) is 14.4 Å². The number of pyridine rings is 1. The summed E-state index contributed by atoms with van der Waals surface area (Å²) >= 11 is 0. The molecule has 0 bridgehead atoms. The molecule has 17 heavy (non-hydrogen) atoms. The van der Waals surface area contributed by atoms with E-state index in [-0.39, 0.29) is 34.8 Å². The smallest absolute Gasteiger partial charge is 0.343 e. The molecule has 86 valence electrons. The van der Waals surface area contributed by atoms with Gasteiger partial charge in [0.2, 0.25) is 11.5 Å². The Morgan fingerprint density at radius 1 is 1.71 bits per heavy atom. The molecular formula is C11H8N2O4. The van der Waals surface area contributed by atoms with Gasteiger partial charge in [-0.1, -0.05) is 0 Å². The van der Waals surface area contributed by atoms with Gasteiger partial charge in [-0.25, -0.2) is 9.78 Å². The molecule has 0 radical (unpaired) electrons. The minimum atomic E-state index is -0.667. The van der Waals surface area contributed by atoms with Crippen LogP contribution in [0.5, 0.6) is 5.75 Å². The lowest BCUT2D eigenvalue weighted by Gasteiger charge is -2.03. The van der Waals surface area contributed by atoms with Crippen molar-refractivity contribution in [3.63, 3.8) is 0 Å². The zero-order valence-corrected chi connectivity index (χ0v) is 8.93. The molecule has 6 nitrogen and oxygen atoms in total. The van der Waals surface area contributed by atoms with Crippen molar-refractivity contribution < 1.29 is 19.1 Å². The largest absolute Gasteiger partial charge is 0.506 e. The maximum Gasteiger partial charge on any atom is 0.343 e. The highest BCUT2D eigenvalue weighted by molar-refractivity contribution is 5.98. The third kappa shape index (κ3) is 1.78. The molecule has 2 rings (SSSR count). The molecule has 0 unspecified atom stereocenters. The topological polar surface area (TPSA) is 96.4 Å². The molecule has 6 heteroatoms. The van der Waals surface area contributed by atoms with Crippen LogP contribution < -0.4 is 0 Å². The summed E-state index contributed by atoms with van der Waals surface area (Å²) in [5.74, 6) is -0.943. The van der Waals surface area contributed by atoms with E-state index in [2.05, 4.69) is 4.98 Å². The van der Waals surface area contributed by atoms with E-state index in [1.54, 1.807) is 13.0 Å². The lowest BCUT2D eigenvalue weighted by atomic mass is 10.2. The molecular weight excluding hydrogens is 224 g/mol. The van der Waals surface area contributed by atoms with Crippen LogP contribution in [0.15, 0.2) is 16.7 Å². The predicted octanol–water partition coefficient (Wildman–Crippen LogP) is 1.58. The molecule has 0 aliphatic carbocycles. The molecule has 0 aromatic carbocycles. The minimum absolute atomic E-state index is 0.0174. The van der Waals surface area contributed by atoms with Crippen molar-refractivity contribution in [3.8, 4) is 11.8 Å². The SMILES string of the molecule is CCOC(=O)c1cnc2oc(C#N)cc2c1O. The zero-order valence-electron chi connectivity index (χ0n) is 8.93. The average Bonchev–Trinajstić information content (AvgIpc) is 2.73. The van der Waals surface area contributed by atoms with Gasteiger partial charge in [-0.3, -0.25) is 0 Å². The molecule has 0 saturated carbocycles. The highest BCUT2D eigenvalue weighted by atomic mass is 16.5. The molecule has 0 aliphatic heterocycles. The highest BCUT2D eigenvalue weighted by Crippen LogP contribution is 2.29. The van der Waals surface area contributed by atoms with Gasteiger partial charge in [-0.2, -0.15) is 5.26 Å². The normalized spacial score (nSPS) is 10.1. The van der Waals surface area contributed by atoms with Gasteiger partial charge in [0.25, 0.3) is 0 Å². The molecule has 2 aromatic heterocycles. The fourth-order valence-corrected chi connectivity index (χ4v) is 1.39. The van der Waals surface area contributed by atoms with Crippen molar-refractivity contribution >= 4 is 17.1 Å². The summed E-state index contributed by atoms with van der Waals surface area (Å²) in [6.45, 7) is 1.86. The number of nitriles is 1. The van der Waals surface area contributed by atoms with Crippen LogP contribution in [0.2, 0.25) is 0 Å². The van der Waals surface area contributed by atoms with Crippen molar-refractivity contribution in [2.75, 3.05) is 6.61 Å². The number of furan rings is 1. The van der Waals surface area contributed by atoms with Crippen LogP contribution in [-0.4, -0.2) is 22.7 Å². The first-order valence-electron chi connectivity index (χ1n) is 4.86. The van der Waals surface area contributed by atoms with Gasteiger partial charge in [0.1, 0.15) is 17.4 Å². The van der Waals surface area contributed by atoms with Crippen molar-refractivity contribution in [1.82, 2.24) is 4.98 Å². The van der Waals surface area contributed by atoms with Crippen LogP contribution in [0.1, 0.15) is 23.0 Å². The van der Waals surface area contributed by atoms with Crippen LogP contribution in [0, 0.1) is 11.3 Å². The number of carbonyl (C=O) groups excluding carboxylic acids is 1. The second kappa shape index (κ2) is 4.14. The molecule has 2 heterocycles. The van der Waals surface area contributed by atoms with E-state index in [0.717, 1.165) is 6.20 Å². The molecule has 0 fully saturated rings. The summed E-state index contributed by atoms with van der Waals surface area (Å²) < 4.78 is 9.76. The summed E-state index contributed by atoms with van der Waals surface area (Å²) in [6.07, 6.45) is 1.15. The predicted molar refractivity (Wildman–Crippen MR) is 56.3 cm³/mol. The molecule has 1 N–H and O–H groups in total. The van der Waals surface area contributed by atoms with E-state index < -0.39 is 5.97 Å². The van der Waals surface area contributed by atoms with Gasteiger partial charge >= 0.3 is 5.97 Å². The van der Waals surface area contributed by atoms with Crippen molar-refractivity contribution in [2.45, 2.75) is 6.92 Å². The van der Waals surface area contributed by atoms with E-state index in [9.17, 15) is 9.90 Å². The molecule has 0 atom stereocenters. The average molecular weight is 232 g/mol. The van der Waals surface area contributed by atoms with Crippen molar-refractivity contribution in [1.29, 1.82) is 5.26 Å². The second-order valence-electron chi connectivity index (χ2n) is 3.18. The quantitative estimate of drug-likeness (QED) is 0.789. The number of fused-ring (bicyclic) bond motifs is 1. The van der Waals surface area contributed by atoms with Crippen LogP contribution in [0.3, 0.4) is 0 Å². The number of esters is 1. The van der Waals surface area contributed by atoms with Crippen LogP contribution in [0.4, 0.5) is 0 Å². The molecule has 0 amide bonds. The highest BCUT2D eigenvalue weighted by Gasteiger charge is 2.18. The zero-order chi connectivity index (χ0) is 12.4. The number of nitrogens with zero attached hydrogens (tertiary/aromatic N) is 2. The lowest BCUT2D eigenvalue weighted by molar-refractivity contribution is 0.0523. The monoisotopic (exact) mass is 232 g/mol. The summed E-state index contributed by atoms with van der Waals surface area (Å²) in [6, 6.07) is 3.10. The number of aromatic nitrogens is 1. The Morgan fingerprint density at radius 2 is 2.47 bits per heavy atom. The van der Waals surface area contributed by atoms with Crippen molar-refractivity contribution in [2.24, 2.45) is 0 Å². The number of aromatic hydroxyl groups is 1. The fraction of sp³-hybridized carbons (Fsp3) is 0.182. The Kier molecular flexibility index (Phi) is 2.66. The van der Waals surface area contributed by atoms with Gasteiger partial charge in [0.05, 0.1) is 12.0 Å². The Bertz CT molecular complexity index is 624. The van der Waals surface area contributed by atoms with E-state index in [1.807, 2.05) is 0 Å². The molecule has 0 spiro atoms. The van der Waals surface area contributed by atoms with Crippen molar-refractivity contribution in [3.05, 3.63) is 23.6 Å². The maximum atomic E-state index is 11.5. The number of carbonyl (C=O) groups is 1. The first-order chi connectivity index (χ1) is 8.17. The third-order valence-corrected chi connectivity index (χ3v) is 2.14. The Labute approximate surface area is 96.0 Å². The van der Waals surface area contributed by atoms with Gasteiger partial charge in [-0.05, 0) is 6.92 Å². The first-order valence-corrected chi connectivity index (χ1v) is 4.86. The van der Waals surface area contributed by atoms with Gasteiger partial charge in [-0.15, -0.1) is 0 Å². The Hall–Kier alpha value is -2.55. The van der Waals surface area contributed by atoms with Gasteiger partial charge in [0, 0.05) is 12.3 Å². The second-order valence-corrected chi connectivity index (χ2v) is 3.18. The summed E-state index contributed by atoms with van der Waals surface area (Å²) in [5, 5.41) is 18.7. The third-order valence-electron chi connectivity index (χ3n) is 2.14. The van der Waals surface area contributed by atoms with E-state index >= 15 is 0 Å². The minimum Gasteiger partial charge on any atom is -0.506 e. The van der Waals surface area contributed by atoms with Crippen LogP contribution >= 0.6 is 0 Å². The number of rotatable bonds is 2. The number of hydrogen-bond acceptors (Lipinski definition) is 6. The maximum absolute atomic E-state index is 11.5. The summed E-state index contributed by atoms with van der Waals surface area (Å²) in [7, 11) is 0. The molecule has 0 aliphatic rings. The molecule has 0 saturated heterocycles. The van der Waals surface area contributed by atoms with Crippen LogP contribution in [0.25, 0.3) is 11.1 Å².